The number of halogens is 1. The van der Waals surface area contributed by atoms with Crippen LogP contribution in [0.1, 0.15) is 23.8 Å². The first-order chi connectivity index (χ1) is 12.5. The highest BCUT2D eigenvalue weighted by Gasteiger charge is 2.17. The van der Waals surface area contributed by atoms with Crippen LogP contribution in [0.25, 0.3) is 21.1 Å². The molecule has 0 amide bonds. The number of aromatic amines is 1. The van der Waals surface area contributed by atoms with E-state index in [1.165, 1.54) is 4.70 Å². The van der Waals surface area contributed by atoms with E-state index in [9.17, 15) is 4.79 Å². The summed E-state index contributed by atoms with van der Waals surface area (Å²) in [6.45, 7) is 2.61. The van der Waals surface area contributed by atoms with Crippen LogP contribution in [0.2, 0.25) is 5.02 Å². The lowest BCUT2D eigenvalue weighted by Crippen LogP contribution is -2.25. The van der Waals surface area contributed by atoms with Gasteiger partial charge in [-0.15, -0.1) is 11.3 Å². The van der Waals surface area contributed by atoms with Gasteiger partial charge in [-0.1, -0.05) is 23.7 Å². The fourth-order valence-corrected chi connectivity index (χ4v) is 4.12. The van der Waals surface area contributed by atoms with Gasteiger partial charge in [0.1, 0.15) is 10.8 Å². The molecule has 0 unspecified atom stereocenters. The molecule has 2 aromatic heterocycles. The second-order valence-corrected chi connectivity index (χ2v) is 7.78. The number of benzene rings is 2. The summed E-state index contributed by atoms with van der Waals surface area (Å²) in [4.78, 5) is 26.5. The number of thiazole rings is 1. The Bertz CT molecular complexity index is 1120. The maximum absolute atomic E-state index is 12.3. The molecule has 0 bridgehead atoms. The topological polar surface area (TPSA) is 61.9 Å². The van der Waals surface area contributed by atoms with Gasteiger partial charge in [-0.05, 0) is 44.3 Å². The molecule has 0 spiro atoms. The van der Waals surface area contributed by atoms with E-state index in [1.54, 1.807) is 29.5 Å². The third-order valence-corrected chi connectivity index (χ3v) is 5.89. The van der Waals surface area contributed by atoms with Gasteiger partial charge in [0.2, 0.25) is 0 Å². The molecule has 0 aliphatic rings. The van der Waals surface area contributed by atoms with Crippen molar-refractivity contribution >= 4 is 44.1 Å². The van der Waals surface area contributed by atoms with Gasteiger partial charge in [0.15, 0.2) is 0 Å². The fraction of sp³-hybridized carbons (Fsp3) is 0.211. The van der Waals surface area contributed by atoms with Crippen LogP contribution in [0.3, 0.4) is 0 Å². The molecule has 0 aliphatic carbocycles. The summed E-state index contributed by atoms with van der Waals surface area (Å²) in [6.07, 6.45) is 0. The second-order valence-electron chi connectivity index (χ2n) is 6.29. The van der Waals surface area contributed by atoms with Crippen molar-refractivity contribution in [2.24, 2.45) is 0 Å². The van der Waals surface area contributed by atoms with Gasteiger partial charge >= 0.3 is 0 Å². The standard InChI is InChI=1S/C19H17ClN4OS/c1-11(19-22-14-5-3-4-6-16(14)26-19)24(2)10-17-21-15-9-12(20)7-8-13(15)18(25)23-17/h3-9,11H,10H2,1-2H3,(H,21,23,25)/t11-/m1/s1. The van der Waals surface area contributed by atoms with Crippen molar-refractivity contribution in [2.75, 3.05) is 7.05 Å². The summed E-state index contributed by atoms with van der Waals surface area (Å²) in [6, 6.07) is 13.3. The molecule has 26 heavy (non-hydrogen) atoms. The molecule has 132 valence electrons. The van der Waals surface area contributed by atoms with Crippen LogP contribution in [0.5, 0.6) is 0 Å². The van der Waals surface area contributed by atoms with Gasteiger partial charge < -0.3 is 4.98 Å². The van der Waals surface area contributed by atoms with Crippen molar-refractivity contribution in [2.45, 2.75) is 19.5 Å². The van der Waals surface area contributed by atoms with Crippen molar-refractivity contribution in [3.05, 3.63) is 68.7 Å². The molecule has 5 nitrogen and oxygen atoms in total. The average molecular weight is 385 g/mol. The Kier molecular flexibility index (Phi) is 4.48. The first-order valence-electron chi connectivity index (χ1n) is 8.25. The molecular formula is C19H17ClN4OS. The molecule has 0 fully saturated rings. The molecular weight excluding hydrogens is 368 g/mol. The molecule has 2 aromatic carbocycles. The third-order valence-electron chi connectivity index (χ3n) is 4.45. The number of nitrogens with one attached hydrogen (secondary N) is 1. The van der Waals surface area contributed by atoms with Crippen molar-refractivity contribution in [1.82, 2.24) is 19.9 Å². The monoisotopic (exact) mass is 384 g/mol. The van der Waals surface area contributed by atoms with Crippen molar-refractivity contribution < 1.29 is 0 Å². The Morgan fingerprint density at radius 2 is 2.00 bits per heavy atom. The fourth-order valence-electron chi connectivity index (χ4n) is 2.87. The first-order valence-corrected chi connectivity index (χ1v) is 9.45. The minimum Gasteiger partial charge on any atom is -0.309 e. The number of para-hydroxylation sites is 1. The van der Waals surface area contributed by atoms with E-state index in [-0.39, 0.29) is 11.6 Å². The lowest BCUT2D eigenvalue weighted by Gasteiger charge is -2.22. The summed E-state index contributed by atoms with van der Waals surface area (Å²) in [5, 5.41) is 2.15. The van der Waals surface area contributed by atoms with Gasteiger partial charge in [0, 0.05) is 5.02 Å². The van der Waals surface area contributed by atoms with Gasteiger partial charge in [-0.2, -0.15) is 0 Å². The van der Waals surface area contributed by atoms with Gasteiger partial charge in [-0.3, -0.25) is 9.69 Å². The zero-order valence-electron chi connectivity index (χ0n) is 14.4. The number of aromatic nitrogens is 3. The highest BCUT2D eigenvalue weighted by molar-refractivity contribution is 7.18. The molecule has 1 N–H and O–H groups in total. The van der Waals surface area contributed by atoms with Crippen LogP contribution < -0.4 is 5.56 Å². The maximum Gasteiger partial charge on any atom is 0.258 e. The number of rotatable bonds is 4. The lowest BCUT2D eigenvalue weighted by molar-refractivity contribution is 0.246. The SMILES string of the molecule is C[C@H](c1nc2ccccc2s1)N(C)Cc1nc2cc(Cl)ccc2c(=O)[nH]1. The summed E-state index contributed by atoms with van der Waals surface area (Å²) in [5.41, 5.74) is 1.47. The predicted octanol–water partition coefficient (Wildman–Crippen LogP) is 4.38. The van der Waals surface area contributed by atoms with Crippen LogP contribution in [-0.2, 0) is 6.54 Å². The van der Waals surface area contributed by atoms with Crippen LogP contribution in [0, 0.1) is 0 Å². The van der Waals surface area contributed by atoms with E-state index in [4.69, 9.17) is 16.6 Å². The van der Waals surface area contributed by atoms with Crippen molar-refractivity contribution in [3.63, 3.8) is 0 Å². The Morgan fingerprint density at radius 1 is 1.19 bits per heavy atom. The van der Waals surface area contributed by atoms with E-state index >= 15 is 0 Å². The first kappa shape index (κ1) is 17.1. The largest absolute Gasteiger partial charge is 0.309 e. The molecule has 0 saturated heterocycles. The molecule has 4 rings (SSSR count). The highest BCUT2D eigenvalue weighted by Crippen LogP contribution is 2.29. The van der Waals surface area contributed by atoms with Crippen LogP contribution in [0.4, 0.5) is 0 Å². The quantitative estimate of drug-likeness (QED) is 0.567. The molecule has 2 heterocycles. The van der Waals surface area contributed by atoms with E-state index in [1.807, 2.05) is 25.2 Å². The van der Waals surface area contributed by atoms with E-state index in [2.05, 4.69) is 27.9 Å². The Hall–Kier alpha value is -2.28. The number of fused-ring (bicyclic) bond motifs is 2. The van der Waals surface area contributed by atoms with Gasteiger partial charge in [0.05, 0.1) is 33.7 Å². The Labute approximate surface area is 159 Å². The zero-order chi connectivity index (χ0) is 18.3. The Morgan fingerprint density at radius 3 is 2.81 bits per heavy atom. The minimum absolute atomic E-state index is 0.104. The van der Waals surface area contributed by atoms with Crippen LogP contribution >= 0.6 is 22.9 Å². The summed E-state index contributed by atoms with van der Waals surface area (Å²) >= 11 is 7.72. The van der Waals surface area contributed by atoms with Crippen molar-refractivity contribution in [1.29, 1.82) is 0 Å². The minimum atomic E-state index is -0.150. The van der Waals surface area contributed by atoms with E-state index in [0.717, 1.165) is 10.5 Å². The smallest absolute Gasteiger partial charge is 0.258 e. The van der Waals surface area contributed by atoms with E-state index in [0.29, 0.717) is 28.3 Å². The molecule has 7 heteroatoms. The Balaban J connectivity index is 1.61. The van der Waals surface area contributed by atoms with Crippen molar-refractivity contribution in [3.8, 4) is 0 Å². The maximum atomic E-state index is 12.3. The number of hydrogen-bond acceptors (Lipinski definition) is 5. The van der Waals surface area contributed by atoms with Gasteiger partial charge in [-0.25, -0.2) is 9.97 Å². The summed E-state index contributed by atoms with van der Waals surface area (Å²) in [5.74, 6) is 0.611. The number of nitrogens with zero attached hydrogens (tertiary/aromatic N) is 3. The number of H-pyrrole nitrogens is 1. The molecule has 0 radical (unpaired) electrons. The predicted molar refractivity (Wildman–Crippen MR) is 107 cm³/mol. The lowest BCUT2D eigenvalue weighted by atomic mass is 10.2. The molecule has 0 aliphatic heterocycles. The van der Waals surface area contributed by atoms with Gasteiger partial charge in [0.25, 0.3) is 5.56 Å². The summed E-state index contributed by atoms with van der Waals surface area (Å²) < 4.78 is 1.18. The third kappa shape index (κ3) is 3.23. The zero-order valence-corrected chi connectivity index (χ0v) is 15.9. The average Bonchev–Trinajstić information content (AvgIpc) is 3.04. The molecule has 0 saturated carbocycles. The normalized spacial score (nSPS) is 12.9. The van der Waals surface area contributed by atoms with Crippen LogP contribution in [-0.4, -0.2) is 26.9 Å². The van der Waals surface area contributed by atoms with E-state index < -0.39 is 0 Å². The van der Waals surface area contributed by atoms with Crippen LogP contribution in [0.15, 0.2) is 47.3 Å². The molecule has 4 aromatic rings. The summed E-state index contributed by atoms with van der Waals surface area (Å²) in [7, 11) is 2.00. The highest BCUT2D eigenvalue weighted by atomic mass is 35.5. The second kappa shape index (κ2) is 6.79. The molecule has 1 atom stereocenters. The number of hydrogen-bond donors (Lipinski definition) is 1.